The Bertz CT molecular complexity index is 1460. The topological polar surface area (TPSA) is 111 Å². The van der Waals surface area contributed by atoms with E-state index in [0.717, 1.165) is 68.7 Å². The number of amides is 1. The molecule has 1 fully saturated rings. The van der Waals surface area contributed by atoms with E-state index in [9.17, 15) is 9.90 Å². The van der Waals surface area contributed by atoms with Crippen LogP contribution >= 0.6 is 0 Å². The van der Waals surface area contributed by atoms with Crippen LogP contribution < -0.4 is 10.2 Å². The maximum Gasteiger partial charge on any atom is 0.274 e. The van der Waals surface area contributed by atoms with Crippen molar-refractivity contribution in [1.29, 1.82) is 0 Å². The molecule has 1 amide bonds. The molecule has 4 heterocycles. The number of fused-ring (bicyclic) bond motifs is 1. The Balaban J connectivity index is 0.00000198. The highest BCUT2D eigenvalue weighted by Crippen LogP contribution is 2.26. The third-order valence-corrected chi connectivity index (χ3v) is 8.23. The summed E-state index contributed by atoms with van der Waals surface area (Å²) in [5.74, 6) is 1.01. The van der Waals surface area contributed by atoms with Crippen LogP contribution in [0.15, 0.2) is 55.1 Å². The van der Waals surface area contributed by atoms with Gasteiger partial charge in [-0.15, -0.1) is 0 Å². The summed E-state index contributed by atoms with van der Waals surface area (Å²) in [6.45, 7) is 7.54. The Labute approximate surface area is 248 Å². The minimum atomic E-state index is -0.567. The number of aliphatic hydroxyl groups excluding tert-OH is 2. The summed E-state index contributed by atoms with van der Waals surface area (Å²) in [6.07, 6.45) is 9.53. The summed E-state index contributed by atoms with van der Waals surface area (Å²) in [6, 6.07) is 10.5. The van der Waals surface area contributed by atoms with Crippen LogP contribution in [0.4, 0.5) is 5.69 Å². The number of aromatic nitrogens is 4. The standard InChI is InChI=1S/C31H41N7O2.CH4O/c1-5-23-17-27(35(4)14-15-36-13-11-33-22(36)2)19-38-20-28(34-30(23)38)31(40)37-12-10-25(29(39)21-37)16-24-8-6-7-9-26(24)18-32-3;1-2/h6-9,11,13,17,19-20,25,29,32,39H,5,10,12,14-16,18,21H2,1-4H3;2H,1H3. The third-order valence-electron chi connectivity index (χ3n) is 8.23. The van der Waals surface area contributed by atoms with E-state index in [4.69, 9.17) is 10.1 Å². The maximum absolute atomic E-state index is 13.5. The molecule has 1 aliphatic rings. The second-order valence-corrected chi connectivity index (χ2v) is 10.9. The minimum Gasteiger partial charge on any atom is -0.400 e. The third kappa shape index (κ3) is 7.00. The van der Waals surface area contributed by atoms with Crippen molar-refractivity contribution in [1.82, 2.24) is 29.2 Å². The Kier molecular flexibility index (Phi) is 10.7. The molecule has 1 aromatic carbocycles. The molecule has 5 rings (SSSR count). The van der Waals surface area contributed by atoms with Crippen molar-refractivity contribution in [3.63, 3.8) is 0 Å². The molecule has 3 aromatic heterocycles. The van der Waals surface area contributed by atoms with Gasteiger partial charge in [0, 0.05) is 71.7 Å². The first-order chi connectivity index (χ1) is 20.4. The number of aliphatic hydroxyl groups is 2. The molecule has 0 bridgehead atoms. The molecule has 10 heteroatoms. The van der Waals surface area contributed by atoms with Gasteiger partial charge in [0.1, 0.15) is 17.2 Å². The summed E-state index contributed by atoms with van der Waals surface area (Å²) in [5.41, 5.74) is 5.93. The Morgan fingerprint density at radius 2 is 1.93 bits per heavy atom. The van der Waals surface area contributed by atoms with Crippen LogP contribution in [0, 0.1) is 12.8 Å². The normalized spacial score (nSPS) is 16.8. The van der Waals surface area contributed by atoms with Crippen LogP contribution in [0.1, 0.15) is 46.3 Å². The van der Waals surface area contributed by atoms with Crippen LogP contribution in [-0.2, 0) is 25.9 Å². The van der Waals surface area contributed by atoms with Crippen molar-refractivity contribution in [2.75, 3.05) is 45.7 Å². The highest BCUT2D eigenvalue weighted by atomic mass is 16.3. The number of nitrogens with zero attached hydrogens (tertiary/aromatic N) is 6. The van der Waals surface area contributed by atoms with E-state index in [1.54, 1.807) is 4.90 Å². The molecule has 10 nitrogen and oxygen atoms in total. The van der Waals surface area contributed by atoms with Crippen LogP contribution in [0.5, 0.6) is 0 Å². The Hall–Kier alpha value is -3.73. The number of aryl methyl sites for hydroxylation is 2. The van der Waals surface area contributed by atoms with Crippen LogP contribution in [0.2, 0.25) is 0 Å². The Morgan fingerprint density at radius 1 is 1.17 bits per heavy atom. The molecule has 1 aliphatic heterocycles. The van der Waals surface area contributed by atoms with E-state index in [1.165, 1.54) is 11.1 Å². The molecule has 42 heavy (non-hydrogen) atoms. The van der Waals surface area contributed by atoms with Gasteiger partial charge >= 0.3 is 0 Å². The zero-order valence-electron chi connectivity index (χ0n) is 25.5. The zero-order valence-corrected chi connectivity index (χ0v) is 25.5. The second kappa shape index (κ2) is 14.4. The van der Waals surface area contributed by atoms with Gasteiger partial charge in [0.2, 0.25) is 0 Å². The number of piperidine rings is 1. The van der Waals surface area contributed by atoms with Gasteiger partial charge in [-0.2, -0.15) is 0 Å². The lowest BCUT2D eigenvalue weighted by molar-refractivity contribution is 0.0194. The summed E-state index contributed by atoms with van der Waals surface area (Å²) in [5, 5.41) is 21.3. The highest BCUT2D eigenvalue weighted by molar-refractivity contribution is 5.93. The molecular weight excluding hydrogens is 530 g/mol. The van der Waals surface area contributed by atoms with Gasteiger partial charge in [-0.3, -0.25) is 4.79 Å². The molecule has 2 unspecified atom stereocenters. The van der Waals surface area contributed by atoms with E-state index >= 15 is 0 Å². The lowest BCUT2D eigenvalue weighted by atomic mass is 9.86. The molecule has 1 saturated heterocycles. The Morgan fingerprint density at radius 3 is 2.60 bits per heavy atom. The SMILES string of the molecule is CCc1cc(N(C)CCn2ccnc2C)cn2cc(C(=O)N3CCC(Cc4ccccc4CNC)C(O)C3)nc12.CO. The number of likely N-dealkylation sites (tertiary alicyclic amines) is 1. The number of hydrogen-bond donors (Lipinski definition) is 3. The monoisotopic (exact) mass is 575 g/mol. The molecule has 2 atom stereocenters. The number of pyridine rings is 1. The number of imidazole rings is 2. The fourth-order valence-electron chi connectivity index (χ4n) is 5.72. The zero-order chi connectivity index (χ0) is 30.2. The predicted octanol–water partition coefficient (Wildman–Crippen LogP) is 2.93. The lowest BCUT2D eigenvalue weighted by Crippen LogP contribution is -2.47. The molecule has 0 aliphatic carbocycles. The molecular formula is C32H45N7O3. The summed E-state index contributed by atoms with van der Waals surface area (Å²) in [4.78, 5) is 26.6. The van der Waals surface area contributed by atoms with E-state index in [0.29, 0.717) is 18.8 Å². The van der Waals surface area contributed by atoms with E-state index in [-0.39, 0.29) is 11.8 Å². The molecule has 3 N–H and O–H groups in total. The molecule has 4 aromatic rings. The number of benzene rings is 1. The van der Waals surface area contributed by atoms with Crippen LogP contribution in [0.3, 0.4) is 0 Å². The molecule has 0 saturated carbocycles. The predicted molar refractivity (Wildman–Crippen MR) is 166 cm³/mol. The first kappa shape index (κ1) is 31.2. The number of β-amino-alcohol motifs (C(OH)–C–C–N with tert-alkyl or cyclic N) is 1. The number of carbonyl (C=O) groups is 1. The quantitative estimate of drug-likeness (QED) is 0.267. The molecule has 226 valence electrons. The fourth-order valence-corrected chi connectivity index (χ4v) is 5.72. The van der Waals surface area contributed by atoms with Gasteiger partial charge in [-0.25, -0.2) is 9.97 Å². The lowest BCUT2D eigenvalue weighted by Gasteiger charge is -2.36. The molecule has 0 spiro atoms. The van der Waals surface area contributed by atoms with Gasteiger partial charge in [-0.1, -0.05) is 31.2 Å². The number of hydrogen-bond acceptors (Lipinski definition) is 7. The van der Waals surface area contributed by atoms with Gasteiger partial charge < -0.3 is 34.3 Å². The van der Waals surface area contributed by atoms with E-state index < -0.39 is 6.10 Å². The van der Waals surface area contributed by atoms with Gasteiger partial charge in [0.05, 0.1) is 11.8 Å². The summed E-state index contributed by atoms with van der Waals surface area (Å²) in [7, 11) is 5.03. The van der Waals surface area contributed by atoms with Crippen molar-refractivity contribution in [3.8, 4) is 0 Å². The first-order valence-electron chi connectivity index (χ1n) is 14.7. The smallest absolute Gasteiger partial charge is 0.274 e. The fraction of sp³-hybridized carbons (Fsp3) is 0.469. The number of nitrogens with one attached hydrogen (secondary N) is 1. The number of rotatable bonds is 10. The van der Waals surface area contributed by atoms with E-state index in [2.05, 4.69) is 64.1 Å². The second-order valence-electron chi connectivity index (χ2n) is 10.9. The van der Waals surface area contributed by atoms with Crippen molar-refractivity contribution >= 4 is 17.2 Å². The van der Waals surface area contributed by atoms with E-state index in [1.807, 2.05) is 43.2 Å². The minimum absolute atomic E-state index is 0.121. The van der Waals surface area contributed by atoms with Crippen LogP contribution in [0.25, 0.3) is 5.65 Å². The van der Waals surface area contributed by atoms with Crippen molar-refractivity contribution in [2.45, 2.75) is 52.3 Å². The summed E-state index contributed by atoms with van der Waals surface area (Å²) >= 11 is 0. The largest absolute Gasteiger partial charge is 0.400 e. The number of anilines is 1. The number of likely N-dealkylation sites (N-methyl/N-ethyl adjacent to an activating group) is 1. The summed E-state index contributed by atoms with van der Waals surface area (Å²) < 4.78 is 4.12. The highest BCUT2D eigenvalue weighted by Gasteiger charge is 2.32. The van der Waals surface area contributed by atoms with Gasteiger partial charge in [0.15, 0.2) is 0 Å². The molecule has 0 radical (unpaired) electrons. The van der Waals surface area contributed by atoms with Gasteiger partial charge in [0.25, 0.3) is 5.91 Å². The van der Waals surface area contributed by atoms with Gasteiger partial charge in [-0.05, 0) is 61.9 Å². The average Bonchev–Trinajstić information content (AvgIpc) is 3.64. The van der Waals surface area contributed by atoms with Crippen molar-refractivity contribution in [3.05, 3.63) is 83.3 Å². The number of carbonyl (C=O) groups excluding carboxylic acids is 1. The average molecular weight is 576 g/mol. The van der Waals surface area contributed by atoms with Crippen LogP contribution in [-0.4, -0.2) is 86.9 Å². The maximum atomic E-state index is 13.5. The van der Waals surface area contributed by atoms with Crippen molar-refractivity contribution < 1.29 is 15.0 Å². The first-order valence-corrected chi connectivity index (χ1v) is 14.7. The van der Waals surface area contributed by atoms with Crippen molar-refractivity contribution in [2.24, 2.45) is 5.92 Å².